The van der Waals surface area contributed by atoms with Gasteiger partial charge in [-0.3, -0.25) is 0 Å². The van der Waals surface area contributed by atoms with Gasteiger partial charge >= 0.3 is 0 Å². The molecular formula is C24H16O4S2. The molecule has 4 nitrogen and oxygen atoms in total. The predicted molar refractivity (Wildman–Crippen MR) is 119 cm³/mol. The Balaban J connectivity index is 1.87. The summed E-state index contributed by atoms with van der Waals surface area (Å²) in [6, 6.07) is 17.9. The van der Waals surface area contributed by atoms with Crippen molar-refractivity contribution in [3.63, 3.8) is 0 Å². The van der Waals surface area contributed by atoms with Crippen LogP contribution in [0.3, 0.4) is 0 Å². The van der Waals surface area contributed by atoms with E-state index in [1.807, 2.05) is 50.2 Å². The third kappa shape index (κ3) is 2.00. The zero-order valence-corrected chi connectivity index (χ0v) is 17.9. The summed E-state index contributed by atoms with van der Waals surface area (Å²) in [4.78, 5) is 0.00405. The van der Waals surface area contributed by atoms with Gasteiger partial charge in [0.2, 0.25) is 19.7 Å². The van der Waals surface area contributed by atoms with Crippen LogP contribution in [0.2, 0.25) is 0 Å². The molecule has 2 aliphatic heterocycles. The first-order valence-corrected chi connectivity index (χ1v) is 12.5. The average molecular weight is 433 g/mol. The van der Waals surface area contributed by atoms with Crippen LogP contribution in [0.4, 0.5) is 0 Å². The molecule has 0 aliphatic carbocycles. The number of fused-ring (bicyclic) bond motifs is 8. The van der Waals surface area contributed by atoms with Crippen molar-refractivity contribution in [3.05, 3.63) is 82.9 Å². The maximum atomic E-state index is 13.7. The van der Waals surface area contributed by atoms with Crippen LogP contribution >= 0.6 is 0 Å². The van der Waals surface area contributed by atoms with Crippen molar-refractivity contribution in [3.8, 4) is 0 Å². The second-order valence-electron chi connectivity index (χ2n) is 7.99. The number of rotatable bonds is 0. The average Bonchev–Trinajstić information content (AvgIpc) is 3.09. The molecule has 0 saturated heterocycles. The Morgan fingerprint density at radius 3 is 1.30 bits per heavy atom. The fourth-order valence-electron chi connectivity index (χ4n) is 4.70. The van der Waals surface area contributed by atoms with Gasteiger partial charge in [-0.2, -0.15) is 0 Å². The quantitative estimate of drug-likeness (QED) is 0.392. The van der Waals surface area contributed by atoms with Crippen LogP contribution in [0.1, 0.15) is 22.3 Å². The molecule has 148 valence electrons. The first-order chi connectivity index (χ1) is 14.2. The van der Waals surface area contributed by atoms with Gasteiger partial charge in [-0.05, 0) is 47.5 Å². The summed E-state index contributed by atoms with van der Waals surface area (Å²) < 4.78 is 54.6. The molecule has 6 rings (SSSR count). The lowest BCUT2D eigenvalue weighted by atomic mass is 9.99. The highest BCUT2D eigenvalue weighted by molar-refractivity contribution is 8.08. The summed E-state index contributed by atoms with van der Waals surface area (Å²) in [6.07, 6.45) is 0. The monoisotopic (exact) mass is 432 g/mol. The molecule has 0 saturated carbocycles. The van der Waals surface area contributed by atoms with E-state index >= 15 is 0 Å². The number of sulfone groups is 2. The fraction of sp³-hybridized carbons (Fsp3) is 0.0833. The lowest BCUT2D eigenvalue weighted by molar-refractivity contribution is 0.606. The number of aryl methyl sites for hydroxylation is 2. The molecule has 0 aromatic heterocycles. The van der Waals surface area contributed by atoms with E-state index in [-0.39, 0.29) is 19.6 Å². The lowest BCUT2D eigenvalue weighted by Crippen LogP contribution is -2.05. The molecule has 0 bridgehead atoms. The minimum atomic E-state index is -3.98. The van der Waals surface area contributed by atoms with Crippen molar-refractivity contribution in [1.29, 1.82) is 0 Å². The van der Waals surface area contributed by atoms with Crippen LogP contribution in [-0.4, -0.2) is 16.8 Å². The van der Waals surface area contributed by atoms with Gasteiger partial charge in [0.05, 0.1) is 9.79 Å². The summed E-state index contributed by atoms with van der Waals surface area (Å²) in [5.74, 6) is 0. The molecule has 0 atom stereocenters. The molecular weight excluding hydrogens is 416 g/mol. The van der Waals surface area contributed by atoms with Crippen LogP contribution in [0.5, 0.6) is 0 Å². The second kappa shape index (κ2) is 5.39. The smallest absolute Gasteiger partial charge is 0.209 e. The van der Waals surface area contributed by atoms with Crippen molar-refractivity contribution in [1.82, 2.24) is 0 Å². The maximum absolute atomic E-state index is 13.7. The van der Waals surface area contributed by atoms with Crippen LogP contribution < -0.4 is 0 Å². The van der Waals surface area contributed by atoms with Crippen molar-refractivity contribution in [2.75, 3.05) is 0 Å². The fourth-order valence-corrected chi connectivity index (χ4v) is 9.06. The first kappa shape index (κ1) is 17.9. The van der Waals surface area contributed by atoms with Crippen molar-refractivity contribution >= 4 is 51.0 Å². The third-order valence-electron chi connectivity index (χ3n) is 6.05. The summed E-state index contributed by atoms with van der Waals surface area (Å²) in [5.41, 5.74) is 2.50. The summed E-state index contributed by atoms with van der Waals surface area (Å²) in [5, 5.41) is 2.93. The Morgan fingerprint density at radius 1 is 0.533 bits per heavy atom. The predicted octanol–water partition coefficient (Wildman–Crippen LogP) is 5.01. The van der Waals surface area contributed by atoms with E-state index in [9.17, 15) is 16.8 Å². The van der Waals surface area contributed by atoms with E-state index < -0.39 is 19.7 Å². The molecule has 0 amide bonds. The molecule has 4 aromatic rings. The zero-order chi connectivity index (χ0) is 21.0. The molecule has 0 unspecified atom stereocenters. The first-order valence-electron chi connectivity index (χ1n) is 9.53. The Bertz CT molecular complexity index is 1600. The van der Waals surface area contributed by atoms with E-state index in [4.69, 9.17) is 0 Å². The number of hydrogen-bond acceptors (Lipinski definition) is 4. The van der Waals surface area contributed by atoms with E-state index in [2.05, 4.69) is 0 Å². The highest BCUT2D eigenvalue weighted by Gasteiger charge is 2.50. The molecule has 4 aromatic carbocycles. The molecule has 0 spiro atoms. The zero-order valence-electron chi connectivity index (χ0n) is 16.2. The minimum absolute atomic E-state index is 0.0716. The summed E-state index contributed by atoms with van der Waals surface area (Å²) in [6.45, 7) is 3.82. The molecule has 0 N–H and O–H groups in total. The highest BCUT2D eigenvalue weighted by Crippen LogP contribution is 2.57. The summed E-state index contributed by atoms with van der Waals surface area (Å²) >= 11 is 0. The molecule has 30 heavy (non-hydrogen) atoms. The third-order valence-corrected chi connectivity index (χ3v) is 9.91. The SMILES string of the molecule is Cc1ccc2ccc3c(c2c1)C1=C(c2c(ccc4ccc(C)cc24)S1(=O)=O)S3(=O)=O. The largest absolute Gasteiger partial charge is 0.218 e. The van der Waals surface area contributed by atoms with E-state index in [1.54, 1.807) is 12.1 Å². The van der Waals surface area contributed by atoms with Crippen molar-refractivity contribution in [2.24, 2.45) is 0 Å². The van der Waals surface area contributed by atoms with Gasteiger partial charge in [-0.15, -0.1) is 0 Å². The Morgan fingerprint density at radius 2 is 0.900 bits per heavy atom. The van der Waals surface area contributed by atoms with Gasteiger partial charge in [-0.25, -0.2) is 16.8 Å². The van der Waals surface area contributed by atoms with Gasteiger partial charge in [0.1, 0.15) is 9.81 Å². The van der Waals surface area contributed by atoms with Gasteiger partial charge in [-0.1, -0.05) is 59.7 Å². The summed E-state index contributed by atoms with van der Waals surface area (Å²) in [7, 11) is -7.95. The van der Waals surface area contributed by atoms with E-state index in [1.165, 1.54) is 12.1 Å². The normalized spacial score (nSPS) is 17.9. The Labute approximate surface area is 174 Å². The van der Waals surface area contributed by atoms with Gasteiger partial charge in [0.25, 0.3) is 0 Å². The standard InChI is InChI=1S/C24H16O4S2/c1-13-3-5-15-7-9-19-21(17(15)11-13)23-24(29(19,25)26)22-18-12-14(2)4-6-16(18)8-10-20(22)30(23,27)28/h3-12H,1-2H3. The van der Waals surface area contributed by atoms with Crippen molar-refractivity contribution < 1.29 is 16.8 Å². The minimum Gasteiger partial charge on any atom is -0.218 e. The molecule has 0 radical (unpaired) electrons. The maximum Gasteiger partial charge on any atom is 0.209 e. The molecule has 2 aliphatic rings. The molecule has 0 fully saturated rings. The lowest BCUT2D eigenvalue weighted by Gasteiger charge is -2.12. The second-order valence-corrected chi connectivity index (χ2v) is 11.7. The molecule has 6 heteroatoms. The van der Waals surface area contributed by atoms with Gasteiger partial charge in [0.15, 0.2) is 0 Å². The number of hydrogen-bond donors (Lipinski definition) is 0. The van der Waals surface area contributed by atoms with Crippen LogP contribution in [0.15, 0.2) is 70.5 Å². The number of benzene rings is 4. The van der Waals surface area contributed by atoms with E-state index in [0.717, 1.165) is 21.9 Å². The molecule has 2 heterocycles. The van der Waals surface area contributed by atoms with Gasteiger partial charge in [0, 0.05) is 11.1 Å². The topological polar surface area (TPSA) is 68.3 Å². The highest BCUT2D eigenvalue weighted by atomic mass is 32.2. The van der Waals surface area contributed by atoms with Crippen LogP contribution in [0.25, 0.3) is 31.4 Å². The van der Waals surface area contributed by atoms with Gasteiger partial charge < -0.3 is 0 Å². The van der Waals surface area contributed by atoms with Crippen molar-refractivity contribution in [2.45, 2.75) is 23.6 Å². The Hall–Kier alpha value is -2.96. The van der Waals surface area contributed by atoms with Crippen LogP contribution in [-0.2, 0) is 19.7 Å². The van der Waals surface area contributed by atoms with E-state index in [0.29, 0.717) is 21.9 Å². The van der Waals surface area contributed by atoms with Crippen LogP contribution in [0, 0.1) is 13.8 Å². The Kier molecular flexibility index (Phi) is 3.21.